The summed E-state index contributed by atoms with van der Waals surface area (Å²) in [5.74, 6) is -0.314. The van der Waals surface area contributed by atoms with Crippen LogP contribution >= 0.6 is 11.6 Å². The van der Waals surface area contributed by atoms with Crippen LogP contribution in [0.3, 0.4) is 0 Å². The second kappa shape index (κ2) is 5.03. The summed E-state index contributed by atoms with van der Waals surface area (Å²) >= 11 is 5.85. The van der Waals surface area contributed by atoms with E-state index in [1.54, 1.807) is 0 Å². The van der Waals surface area contributed by atoms with Gasteiger partial charge in [0.1, 0.15) is 0 Å². The Morgan fingerprint density at radius 2 is 1.94 bits per heavy atom. The van der Waals surface area contributed by atoms with Gasteiger partial charge in [-0.05, 0) is 18.2 Å². The molecule has 1 rings (SSSR count). The van der Waals surface area contributed by atoms with Crippen molar-refractivity contribution < 1.29 is 13.2 Å². The maximum atomic E-state index is 11.9. The van der Waals surface area contributed by atoms with E-state index in [9.17, 15) is 13.2 Å². The number of nitrogens with zero attached hydrogens (tertiary/aromatic N) is 1. The van der Waals surface area contributed by atoms with Gasteiger partial charge in [0.25, 0.3) is 0 Å². The molecule has 7 heteroatoms. The fourth-order valence-corrected chi connectivity index (χ4v) is 2.25. The number of benzene rings is 1. The molecule has 17 heavy (non-hydrogen) atoms. The van der Waals surface area contributed by atoms with Gasteiger partial charge < -0.3 is 5.32 Å². The van der Waals surface area contributed by atoms with Crippen molar-refractivity contribution in [3.63, 3.8) is 0 Å². The Kier molecular flexibility index (Phi) is 4.13. The Morgan fingerprint density at radius 3 is 2.41 bits per heavy atom. The highest BCUT2D eigenvalue weighted by atomic mass is 35.5. The smallest absolute Gasteiger partial charge is 0.242 e. The van der Waals surface area contributed by atoms with Crippen LogP contribution in [0.4, 0.5) is 5.69 Å². The summed E-state index contributed by atoms with van der Waals surface area (Å²) in [5.41, 5.74) is 0.280. The lowest BCUT2D eigenvalue weighted by Crippen LogP contribution is -2.22. The highest BCUT2D eigenvalue weighted by molar-refractivity contribution is 7.89. The van der Waals surface area contributed by atoms with Crippen LogP contribution in [0.15, 0.2) is 23.1 Å². The molecule has 0 spiro atoms. The quantitative estimate of drug-likeness (QED) is 0.911. The van der Waals surface area contributed by atoms with Gasteiger partial charge in [0.15, 0.2) is 0 Å². The van der Waals surface area contributed by atoms with E-state index in [1.807, 2.05) is 0 Å². The Balaban J connectivity index is 3.26. The summed E-state index contributed by atoms with van der Waals surface area (Å²) in [6.07, 6.45) is 0. The average Bonchev–Trinajstić information content (AvgIpc) is 2.20. The largest absolute Gasteiger partial charge is 0.325 e. The molecule has 0 bridgehead atoms. The molecule has 0 heterocycles. The Hall–Kier alpha value is -1.11. The summed E-state index contributed by atoms with van der Waals surface area (Å²) < 4.78 is 24.8. The summed E-state index contributed by atoms with van der Waals surface area (Å²) in [6, 6.07) is 4.16. The van der Waals surface area contributed by atoms with E-state index in [2.05, 4.69) is 5.32 Å². The van der Waals surface area contributed by atoms with Gasteiger partial charge in [0, 0.05) is 21.0 Å². The molecule has 94 valence electrons. The SMILES string of the molecule is CC(=O)Nc1cc(S(=O)(=O)N(C)C)ccc1Cl. The van der Waals surface area contributed by atoms with E-state index < -0.39 is 10.0 Å². The van der Waals surface area contributed by atoms with Crippen LogP contribution in [-0.4, -0.2) is 32.7 Å². The van der Waals surface area contributed by atoms with Crippen LogP contribution in [0, 0.1) is 0 Å². The lowest BCUT2D eigenvalue weighted by Gasteiger charge is -2.13. The second-order valence-corrected chi connectivity index (χ2v) is 6.17. The second-order valence-electron chi connectivity index (χ2n) is 3.61. The molecule has 0 aliphatic rings. The fraction of sp³-hybridized carbons (Fsp3) is 0.300. The van der Waals surface area contributed by atoms with Crippen LogP contribution in [0.5, 0.6) is 0 Å². The third-order valence-corrected chi connectivity index (χ3v) is 4.17. The lowest BCUT2D eigenvalue weighted by atomic mass is 10.3. The molecule has 0 unspecified atom stereocenters. The summed E-state index contributed by atoms with van der Waals surface area (Å²) in [5, 5.41) is 2.76. The maximum absolute atomic E-state index is 11.9. The van der Waals surface area contributed by atoms with Crippen molar-refractivity contribution in [3.8, 4) is 0 Å². The molecule has 5 nitrogen and oxygen atoms in total. The van der Waals surface area contributed by atoms with Gasteiger partial charge in [-0.3, -0.25) is 4.79 Å². The van der Waals surface area contributed by atoms with Crippen LogP contribution < -0.4 is 5.32 Å². The van der Waals surface area contributed by atoms with Crippen LogP contribution in [0.25, 0.3) is 0 Å². The van der Waals surface area contributed by atoms with Crippen molar-refractivity contribution in [1.29, 1.82) is 0 Å². The molecule has 1 aromatic carbocycles. The normalized spacial score (nSPS) is 11.6. The highest BCUT2D eigenvalue weighted by Gasteiger charge is 2.18. The van der Waals surface area contributed by atoms with E-state index in [1.165, 1.54) is 39.2 Å². The van der Waals surface area contributed by atoms with Crippen molar-refractivity contribution in [2.24, 2.45) is 0 Å². The van der Waals surface area contributed by atoms with E-state index in [-0.39, 0.29) is 21.5 Å². The number of amides is 1. The number of hydrogen-bond donors (Lipinski definition) is 1. The molecular weight excluding hydrogens is 264 g/mol. The molecular formula is C10H13ClN2O3S. The number of halogens is 1. The fourth-order valence-electron chi connectivity index (χ4n) is 1.16. The summed E-state index contributed by atoms with van der Waals surface area (Å²) in [4.78, 5) is 11.0. The molecule has 0 radical (unpaired) electrons. The topological polar surface area (TPSA) is 66.5 Å². The Morgan fingerprint density at radius 1 is 1.35 bits per heavy atom. The van der Waals surface area contributed by atoms with Crippen molar-refractivity contribution in [3.05, 3.63) is 23.2 Å². The lowest BCUT2D eigenvalue weighted by molar-refractivity contribution is -0.114. The van der Waals surface area contributed by atoms with Crippen LogP contribution in [0.2, 0.25) is 5.02 Å². The first-order valence-corrected chi connectivity index (χ1v) is 6.56. The zero-order chi connectivity index (χ0) is 13.2. The third-order valence-electron chi connectivity index (χ3n) is 2.03. The van der Waals surface area contributed by atoms with Gasteiger partial charge in [-0.1, -0.05) is 11.6 Å². The van der Waals surface area contributed by atoms with Gasteiger partial charge in [0.05, 0.1) is 15.6 Å². The first-order valence-electron chi connectivity index (χ1n) is 4.75. The number of rotatable bonds is 3. The molecule has 0 aromatic heterocycles. The highest BCUT2D eigenvalue weighted by Crippen LogP contribution is 2.26. The minimum absolute atomic E-state index is 0.0793. The van der Waals surface area contributed by atoms with Crippen LogP contribution in [-0.2, 0) is 14.8 Å². The minimum atomic E-state index is -3.53. The number of nitrogens with one attached hydrogen (secondary N) is 1. The molecule has 0 saturated carbocycles. The van der Waals surface area contributed by atoms with Crippen molar-refractivity contribution >= 4 is 33.2 Å². The Bertz CT molecular complexity index is 540. The Labute approximate surface area is 105 Å². The predicted octanol–water partition coefficient (Wildman–Crippen LogP) is 1.55. The van der Waals surface area contributed by atoms with Crippen molar-refractivity contribution in [2.75, 3.05) is 19.4 Å². The molecule has 1 N–H and O–H groups in total. The molecule has 0 fully saturated rings. The monoisotopic (exact) mass is 276 g/mol. The molecule has 0 aliphatic heterocycles. The number of carbonyl (C=O) groups excluding carboxylic acids is 1. The van der Waals surface area contributed by atoms with E-state index in [0.717, 1.165) is 4.31 Å². The van der Waals surface area contributed by atoms with E-state index in [0.29, 0.717) is 0 Å². The third kappa shape index (κ3) is 3.18. The molecule has 0 atom stereocenters. The first-order chi connectivity index (χ1) is 7.75. The molecule has 1 amide bonds. The number of sulfonamides is 1. The standard InChI is InChI=1S/C10H13ClN2O3S/c1-7(14)12-10-6-8(4-5-9(10)11)17(15,16)13(2)3/h4-6H,1-3H3,(H,12,14). The van der Waals surface area contributed by atoms with Gasteiger partial charge in [-0.25, -0.2) is 12.7 Å². The van der Waals surface area contributed by atoms with Gasteiger partial charge in [-0.15, -0.1) is 0 Å². The summed E-state index contributed by atoms with van der Waals surface area (Å²) in [7, 11) is -0.663. The average molecular weight is 277 g/mol. The van der Waals surface area contributed by atoms with Crippen molar-refractivity contribution in [2.45, 2.75) is 11.8 Å². The molecule has 1 aromatic rings. The van der Waals surface area contributed by atoms with E-state index >= 15 is 0 Å². The van der Waals surface area contributed by atoms with Gasteiger partial charge >= 0.3 is 0 Å². The van der Waals surface area contributed by atoms with Crippen LogP contribution in [0.1, 0.15) is 6.92 Å². The molecule has 0 saturated heterocycles. The zero-order valence-electron chi connectivity index (χ0n) is 9.69. The van der Waals surface area contributed by atoms with Crippen molar-refractivity contribution in [1.82, 2.24) is 4.31 Å². The van der Waals surface area contributed by atoms with E-state index in [4.69, 9.17) is 11.6 Å². The first kappa shape index (κ1) is 14.0. The summed E-state index contributed by atoms with van der Waals surface area (Å²) in [6.45, 7) is 1.32. The number of hydrogen-bond acceptors (Lipinski definition) is 3. The minimum Gasteiger partial charge on any atom is -0.325 e. The predicted molar refractivity (Wildman–Crippen MR) is 66.6 cm³/mol. The van der Waals surface area contributed by atoms with Gasteiger partial charge in [-0.2, -0.15) is 0 Å². The van der Waals surface area contributed by atoms with Gasteiger partial charge in [0.2, 0.25) is 15.9 Å². The molecule has 0 aliphatic carbocycles. The maximum Gasteiger partial charge on any atom is 0.242 e. The number of carbonyl (C=O) groups is 1. The zero-order valence-corrected chi connectivity index (χ0v) is 11.3. The number of anilines is 1.